The minimum absolute atomic E-state index is 0.0130. The number of ether oxygens (including phenoxy) is 2. The molecule has 8 heteroatoms. The molecule has 7 nitrogen and oxygen atoms in total. The van der Waals surface area contributed by atoms with Crippen molar-refractivity contribution in [2.45, 2.75) is 4.90 Å². The lowest BCUT2D eigenvalue weighted by Crippen LogP contribution is -2.21. The van der Waals surface area contributed by atoms with Crippen LogP contribution in [-0.2, 0) is 14.8 Å². The minimum atomic E-state index is -4.22. The molecule has 1 aromatic heterocycles. The van der Waals surface area contributed by atoms with Crippen molar-refractivity contribution in [3.63, 3.8) is 0 Å². The van der Waals surface area contributed by atoms with Gasteiger partial charge in [0.25, 0.3) is 10.0 Å². The third-order valence-electron chi connectivity index (χ3n) is 5.07. The van der Waals surface area contributed by atoms with Crippen molar-refractivity contribution in [3.05, 3.63) is 95.7 Å². The van der Waals surface area contributed by atoms with Crippen molar-refractivity contribution in [2.24, 2.45) is 0 Å². The van der Waals surface area contributed by atoms with Gasteiger partial charge in [0.15, 0.2) is 0 Å². The molecule has 0 radical (unpaired) electrons. The number of carbonyl (C=O) groups excluding carboxylic acids is 2. The highest BCUT2D eigenvalue weighted by Crippen LogP contribution is 2.32. The van der Waals surface area contributed by atoms with Crippen LogP contribution in [0.25, 0.3) is 10.9 Å². The number of aromatic nitrogens is 1. The zero-order valence-corrected chi connectivity index (χ0v) is 18.1. The van der Waals surface area contributed by atoms with Crippen LogP contribution in [0.15, 0.2) is 83.8 Å². The van der Waals surface area contributed by atoms with Crippen LogP contribution in [-0.4, -0.2) is 38.4 Å². The number of hydrogen-bond acceptors (Lipinski definition) is 6. The van der Waals surface area contributed by atoms with Gasteiger partial charge in [-0.2, -0.15) is 0 Å². The molecule has 0 aliphatic rings. The molecule has 32 heavy (non-hydrogen) atoms. The summed E-state index contributed by atoms with van der Waals surface area (Å²) in [6.45, 7) is 0. The van der Waals surface area contributed by atoms with Gasteiger partial charge in [0.1, 0.15) is 11.4 Å². The summed E-state index contributed by atoms with van der Waals surface area (Å²) in [5, 5.41) is 0.302. The van der Waals surface area contributed by atoms with Crippen LogP contribution in [0.2, 0.25) is 0 Å². The molecule has 0 N–H and O–H groups in total. The summed E-state index contributed by atoms with van der Waals surface area (Å²) in [7, 11) is -1.54. The first-order valence-electron chi connectivity index (χ1n) is 9.61. The number of fused-ring (bicyclic) bond motifs is 1. The maximum absolute atomic E-state index is 13.7. The van der Waals surface area contributed by atoms with Crippen LogP contribution >= 0.6 is 0 Å². The number of methoxy groups -OCH3 is 2. The van der Waals surface area contributed by atoms with Crippen LogP contribution in [0.3, 0.4) is 0 Å². The quantitative estimate of drug-likeness (QED) is 0.327. The number of hydrogen-bond donors (Lipinski definition) is 0. The van der Waals surface area contributed by atoms with Gasteiger partial charge in [-0.1, -0.05) is 36.4 Å². The second kappa shape index (κ2) is 8.32. The van der Waals surface area contributed by atoms with Crippen LogP contribution in [0.1, 0.15) is 26.4 Å². The van der Waals surface area contributed by atoms with Crippen LogP contribution in [0.4, 0.5) is 0 Å². The predicted octanol–water partition coefficient (Wildman–Crippen LogP) is 3.90. The van der Waals surface area contributed by atoms with Gasteiger partial charge in [0, 0.05) is 10.9 Å². The maximum atomic E-state index is 13.7. The van der Waals surface area contributed by atoms with Gasteiger partial charge < -0.3 is 9.47 Å². The van der Waals surface area contributed by atoms with Crippen molar-refractivity contribution in [1.29, 1.82) is 0 Å². The molecule has 0 fully saturated rings. The highest BCUT2D eigenvalue weighted by atomic mass is 32.2. The summed E-state index contributed by atoms with van der Waals surface area (Å²) in [5.41, 5.74) is 0.00683. The Morgan fingerprint density at radius 3 is 2.06 bits per heavy atom. The van der Waals surface area contributed by atoms with E-state index in [1.807, 2.05) is 0 Å². The molecule has 162 valence electrons. The SMILES string of the molecule is COC(=O)c1c(C(=O)c2ccc(OC)cc2)n(S(=O)(=O)c2ccccc2)c2ccccc12. The summed E-state index contributed by atoms with van der Waals surface area (Å²) in [6, 6.07) is 20.4. The Bertz CT molecular complexity index is 1420. The summed E-state index contributed by atoms with van der Waals surface area (Å²) in [4.78, 5) is 26.4. The monoisotopic (exact) mass is 449 g/mol. The van der Waals surface area contributed by atoms with Crippen molar-refractivity contribution < 1.29 is 27.5 Å². The lowest BCUT2D eigenvalue weighted by atomic mass is 10.0. The van der Waals surface area contributed by atoms with E-state index in [0.29, 0.717) is 11.1 Å². The van der Waals surface area contributed by atoms with Crippen LogP contribution < -0.4 is 4.74 Å². The summed E-state index contributed by atoms with van der Waals surface area (Å²) in [5.74, 6) is -0.906. The van der Waals surface area contributed by atoms with Crippen LogP contribution in [0.5, 0.6) is 5.75 Å². The van der Waals surface area contributed by atoms with E-state index in [1.165, 1.54) is 38.5 Å². The molecule has 0 bridgehead atoms. The van der Waals surface area contributed by atoms with Gasteiger partial charge in [-0.3, -0.25) is 4.79 Å². The Labute approximate surface area is 184 Å². The molecule has 1 heterocycles. The Hall–Kier alpha value is -3.91. The molecule has 0 aliphatic heterocycles. The van der Waals surface area contributed by atoms with Crippen molar-refractivity contribution in [1.82, 2.24) is 3.97 Å². The molecule has 0 aliphatic carbocycles. The van der Waals surface area contributed by atoms with E-state index in [0.717, 1.165) is 3.97 Å². The number of nitrogens with zero attached hydrogens (tertiary/aromatic N) is 1. The van der Waals surface area contributed by atoms with E-state index < -0.39 is 21.8 Å². The lowest BCUT2D eigenvalue weighted by Gasteiger charge is -2.12. The lowest BCUT2D eigenvalue weighted by molar-refractivity contribution is 0.0599. The van der Waals surface area contributed by atoms with E-state index in [-0.39, 0.29) is 27.2 Å². The summed E-state index contributed by atoms with van der Waals surface area (Å²) >= 11 is 0. The predicted molar refractivity (Wildman–Crippen MR) is 119 cm³/mol. The molecule has 0 saturated heterocycles. The molecule has 0 unspecified atom stereocenters. The molecule has 3 aromatic carbocycles. The van der Waals surface area contributed by atoms with Crippen molar-refractivity contribution in [3.8, 4) is 5.75 Å². The van der Waals surface area contributed by atoms with Gasteiger partial charge >= 0.3 is 5.97 Å². The normalized spacial score (nSPS) is 11.3. The Balaban J connectivity index is 2.09. The summed E-state index contributed by atoms with van der Waals surface area (Å²) < 4.78 is 38.3. The molecular weight excluding hydrogens is 430 g/mol. The molecular formula is C24H19NO6S. The number of benzene rings is 3. The van der Waals surface area contributed by atoms with E-state index in [9.17, 15) is 18.0 Å². The molecule has 0 amide bonds. The standard InChI is InChI=1S/C24H19NO6S/c1-30-17-14-12-16(13-15-17)23(26)22-21(24(27)31-2)19-10-6-7-11-20(19)25(22)32(28,29)18-8-4-3-5-9-18/h3-15H,1-2H3. The maximum Gasteiger partial charge on any atom is 0.340 e. The van der Waals surface area contributed by atoms with Gasteiger partial charge in [0.05, 0.1) is 30.2 Å². The van der Waals surface area contributed by atoms with Crippen molar-refractivity contribution >= 4 is 32.7 Å². The zero-order chi connectivity index (χ0) is 22.9. The average molecular weight is 449 g/mol. The minimum Gasteiger partial charge on any atom is -0.497 e. The molecule has 4 rings (SSSR count). The Morgan fingerprint density at radius 2 is 1.44 bits per heavy atom. The number of esters is 1. The van der Waals surface area contributed by atoms with Crippen LogP contribution in [0, 0.1) is 0 Å². The average Bonchev–Trinajstić information content (AvgIpc) is 3.19. The first kappa shape index (κ1) is 21.3. The van der Waals surface area contributed by atoms with E-state index >= 15 is 0 Å². The van der Waals surface area contributed by atoms with Gasteiger partial charge in [-0.05, 0) is 42.5 Å². The van der Waals surface area contributed by atoms with Gasteiger partial charge in [0.2, 0.25) is 5.78 Å². The second-order valence-electron chi connectivity index (χ2n) is 6.87. The molecule has 0 spiro atoms. The number of carbonyl (C=O) groups is 2. The van der Waals surface area contributed by atoms with Crippen molar-refractivity contribution in [2.75, 3.05) is 14.2 Å². The molecule has 4 aromatic rings. The Kier molecular flexibility index (Phi) is 5.54. The first-order chi connectivity index (χ1) is 15.4. The van der Waals surface area contributed by atoms with Gasteiger partial charge in [-0.15, -0.1) is 0 Å². The number of para-hydroxylation sites is 1. The number of rotatable bonds is 6. The largest absolute Gasteiger partial charge is 0.497 e. The highest BCUT2D eigenvalue weighted by molar-refractivity contribution is 7.90. The smallest absolute Gasteiger partial charge is 0.340 e. The Morgan fingerprint density at radius 1 is 0.812 bits per heavy atom. The zero-order valence-electron chi connectivity index (χ0n) is 17.3. The third-order valence-corrected chi connectivity index (χ3v) is 6.80. The topological polar surface area (TPSA) is 91.7 Å². The van der Waals surface area contributed by atoms with E-state index in [4.69, 9.17) is 9.47 Å². The van der Waals surface area contributed by atoms with E-state index in [2.05, 4.69) is 0 Å². The fraction of sp³-hybridized carbons (Fsp3) is 0.0833. The van der Waals surface area contributed by atoms with Gasteiger partial charge in [-0.25, -0.2) is 17.2 Å². The first-order valence-corrected chi connectivity index (χ1v) is 11.0. The fourth-order valence-electron chi connectivity index (χ4n) is 3.55. The highest BCUT2D eigenvalue weighted by Gasteiger charge is 2.34. The molecule has 0 atom stereocenters. The van der Waals surface area contributed by atoms with E-state index in [1.54, 1.807) is 54.6 Å². The fourth-order valence-corrected chi connectivity index (χ4v) is 5.10. The third kappa shape index (κ3) is 3.44. The molecule has 0 saturated carbocycles. The second-order valence-corrected chi connectivity index (χ2v) is 8.66. The number of ketones is 1. The summed E-state index contributed by atoms with van der Waals surface area (Å²) in [6.07, 6.45) is 0.